The molecule has 16 heteroatoms. The number of anilines is 2. The van der Waals surface area contributed by atoms with Crippen molar-refractivity contribution in [1.29, 1.82) is 0 Å². The minimum atomic E-state index is -3.89. The summed E-state index contributed by atoms with van der Waals surface area (Å²) in [6, 6.07) is 33.2. The SMILES string of the molecule is CC[C@@H]([C@H](C)OCc1ccccc1)n1ncn(-c2ccc(N3CCN(c4ccc(-c5ccc(C(F)(F)C(C)(c6ccccc6F)n6nn[nH]c6=O)nc5)cc4)CC3)cc2)c1=O. The number of tetrazole rings is 1. The fourth-order valence-corrected chi connectivity index (χ4v) is 8.01. The Morgan fingerprint density at radius 1 is 0.787 bits per heavy atom. The van der Waals surface area contributed by atoms with E-state index in [1.54, 1.807) is 10.9 Å². The van der Waals surface area contributed by atoms with Crippen LogP contribution in [-0.2, 0) is 22.8 Å². The molecule has 3 atom stereocenters. The molecule has 1 aliphatic rings. The molecular formula is C45H45F3N10O3. The molecule has 61 heavy (non-hydrogen) atoms. The van der Waals surface area contributed by atoms with Crippen molar-refractivity contribution in [3.8, 4) is 16.8 Å². The number of benzene rings is 4. The third kappa shape index (κ3) is 7.86. The molecule has 1 N–H and O–H groups in total. The summed E-state index contributed by atoms with van der Waals surface area (Å²) in [5, 5.41) is 13.4. The van der Waals surface area contributed by atoms with E-state index in [1.807, 2.05) is 97.8 Å². The Kier molecular flexibility index (Phi) is 11.4. The second-order valence-electron chi connectivity index (χ2n) is 15.2. The van der Waals surface area contributed by atoms with Crippen LogP contribution in [0.1, 0.15) is 50.1 Å². The highest BCUT2D eigenvalue weighted by Gasteiger charge is 2.58. The van der Waals surface area contributed by atoms with Gasteiger partial charge in [0.1, 0.15) is 17.8 Å². The van der Waals surface area contributed by atoms with Gasteiger partial charge in [-0.3, -0.25) is 4.98 Å². The molecule has 0 saturated carbocycles. The summed E-state index contributed by atoms with van der Waals surface area (Å²) in [7, 11) is 0. The highest BCUT2D eigenvalue weighted by atomic mass is 19.3. The van der Waals surface area contributed by atoms with Crippen LogP contribution >= 0.6 is 0 Å². The zero-order chi connectivity index (χ0) is 42.7. The van der Waals surface area contributed by atoms with Crippen molar-refractivity contribution < 1.29 is 17.9 Å². The molecule has 1 unspecified atom stereocenters. The van der Waals surface area contributed by atoms with Crippen molar-refractivity contribution in [3.63, 3.8) is 0 Å². The molecule has 0 spiro atoms. The normalized spacial score (nSPS) is 15.4. The van der Waals surface area contributed by atoms with Crippen LogP contribution in [-0.4, -0.2) is 71.8 Å². The highest BCUT2D eigenvalue weighted by molar-refractivity contribution is 5.66. The van der Waals surface area contributed by atoms with Gasteiger partial charge in [-0.05, 0) is 90.4 Å². The lowest BCUT2D eigenvalue weighted by Crippen LogP contribution is -2.52. The summed E-state index contributed by atoms with van der Waals surface area (Å²) in [5.41, 5.74) is 0.331. The molecule has 314 valence electrons. The summed E-state index contributed by atoms with van der Waals surface area (Å²) < 4.78 is 57.6. The monoisotopic (exact) mass is 830 g/mol. The van der Waals surface area contributed by atoms with E-state index < -0.39 is 34.2 Å². The van der Waals surface area contributed by atoms with Crippen molar-refractivity contribution in [2.45, 2.75) is 57.4 Å². The van der Waals surface area contributed by atoms with E-state index in [4.69, 9.17) is 4.74 Å². The Morgan fingerprint density at radius 3 is 1.98 bits per heavy atom. The standard InChI is InChI=1S/C45H45F3N10O3/c1-4-40(31(2)61-29-32-10-6-5-7-11-32)57-43(60)56(30-50-57)37-21-19-36(20-22-37)55-26-24-54(25-27-55)35-17-14-33(15-18-35)34-16-23-41(49-28-34)45(47,48)44(3,58-42(59)51-52-53-58)38-12-8-9-13-39(38)46/h5-23,28,30-31,40H,4,24-27,29H2,1-3H3,(H,51,53,59)/t31-,40-,44?/m0/s1. The van der Waals surface area contributed by atoms with Crippen LogP contribution in [0.25, 0.3) is 16.8 Å². The number of nitrogens with one attached hydrogen (secondary N) is 1. The number of H-pyrrole nitrogens is 1. The van der Waals surface area contributed by atoms with Crippen LogP contribution in [0.3, 0.4) is 0 Å². The number of halogens is 3. The summed E-state index contributed by atoms with van der Waals surface area (Å²) in [6.45, 7) is 8.61. The van der Waals surface area contributed by atoms with Crippen LogP contribution in [0.2, 0.25) is 0 Å². The maximum absolute atomic E-state index is 16.5. The average molecular weight is 831 g/mol. The summed E-state index contributed by atoms with van der Waals surface area (Å²) in [6.07, 6.45) is 3.37. The van der Waals surface area contributed by atoms with Gasteiger partial charge < -0.3 is 14.5 Å². The minimum Gasteiger partial charge on any atom is -0.372 e. The number of ether oxygens (including phenoxy) is 1. The number of rotatable bonds is 14. The molecule has 4 aromatic carbocycles. The first-order valence-corrected chi connectivity index (χ1v) is 20.1. The first-order chi connectivity index (χ1) is 29.5. The Balaban J connectivity index is 0.892. The molecule has 4 heterocycles. The first kappa shape index (κ1) is 40.9. The number of nitrogens with zero attached hydrogens (tertiary/aromatic N) is 9. The van der Waals surface area contributed by atoms with E-state index in [0.717, 1.165) is 67.4 Å². The van der Waals surface area contributed by atoms with Crippen LogP contribution < -0.4 is 21.2 Å². The lowest BCUT2D eigenvalue weighted by molar-refractivity contribution is -0.104. The number of hydrogen-bond acceptors (Lipinski definition) is 9. The molecule has 0 amide bonds. The lowest BCUT2D eigenvalue weighted by atomic mass is 9.83. The van der Waals surface area contributed by atoms with Gasteiger partial charge in [0.15, 0.2) is 5.54 Å². The molecule has 1 aliphatic heterocycles. The van der Waals surface area contributed by atoms with E-state index in [2.05, 4.69) is 30.3 Å². The van der Waals surface area contributed by atoms with Gasteiger partial charge in [-0.15, -0.1) is 0 Å². The van der Waals surface area contributed by atoms with E-state index in [9.17, 15) is 9.59 Å². The van der Waals surface area contributed by atoms with Gasteiger partial charge in [0.2, 0.25) is 0 Å². The van der Waals surface area contributed by atoms with Crippen molar-refractivity contribution in [2.24, 2.45) is 0 Å². The molecule has 3 aromatic heterocycles. The number of hydrogen-bond donors (Lipinski definition) is 1. The third-order valence-electron chi connectivity index (χ3n) is 11.7. The molecule has 7 aromatic rings. The van der Waals surface area contributed by atoms with E-state index in [1.165, 1.54) is 41.2 Å². The van der Waals surface area contributed by atoms with Gasteiger partial charge in [0, 0.05) is 54.9 Å². The van der Waals surface area contributed by atoms with Gasteiger partial charge in [0.05, 0.1) is 24.4 Å². The fourth-order valence-electron chi connectivity index (χ4n) is 8.01. The molecule has 0 aliphatic carbocycles. The molecule has 8 rings (SSSR count). The zero-order valence-corrected chi connectivity index (χ0v) is 33.9. The Labute approximate surface area is 349 Å². The predicted octanol–water partition coefficient (Wildman–Crippen LogP) is 6.95. The largest absolute Gasteiger partial charge is 0.372 e. The highest BCUT2D eigenvalue weighted by Crippen LogP contribution is 2.47. The fraction of sp³-hybridized carbons (Fsp3) is 0.289. The minimum absolute atomic E-state index is 0.215. The number of alkyl halides is 2. The van der Waals surface area contributed by atoms with Crippen LogP contribution in [0.4, 0.5) is 24.5 Å². The number of piperazine rings is 1. The number of pyridine rings is 1. The summed E-state index contributed by atoms with van der Waals surface area (Å²) in [4.78, 5) is 34.7. The maximum atomic E-state index is 16.5. The van der Waals surface area contributed by atoms with Crippen LogP contribution in [0, 0.1) is 5.82 Å². The molecule has 0 bridgehead atoms. The van der Waals surface area contributed by atoms with Gasteiger partial charge in [0.25, 0.3) is 0 Å². The van der Waals surface area contributed by atoms with Gasteiger partial charge in [-0.25, -0.2) is 28.3 Å². The van der Waals surface area contributed by atoms with Gasteiger partial charge in [-0.2, -0.15) is 18.6 Å². The smallest absolute Gasteiger partial charge is 0.362 e. The van der Waals surface area contributed by atoms with Gasteiger partial charge >= 0.3 is 17.3 Å². The zero-order valence-electron chi connectivity index (χ0n) is 33.9. The van der Waals surface area contributed by atoms with Crippen LogP contribution in [0.15, 0.2) is 137 Å². The number of aromatic amines is 1. The summed E-state index contributed by atoms with van der Waals surface area (Å²) >= 11 is 0. The first-order valence-electron chi connectivity index (χ1n) is 20.1. The molecular weight excluding hydrogens is 786 g/mol. The molecule has 0 radical (unpaired) electrons. The van der Waals surface area contributed by atoms with E-state index >= 15 is 13.2 Å². The molecule has 13 nitrogen and oxygen atoms in total. The summed E-state index contributed by atoms with van der Waals surface area (Å²) in [5.74, 6) is -4.81. The van der Waals surface area contributed by atoms with Crippen molar-refractivity contribution >= 4 is 11.4 Å². The van der Waals surface area contributed by atoms with Gasteiger partial charge in [-0.1, -0.05) is 73.7 Å². The van der Waals surface area contributed by atoms with E-state index in [-0.39, 0.29) is 17.8 Å². The topological polar surface area (TPSA) is 132 Å². The number of aromatic nitrogens is 8. The Morgan fingerprint density at radius 2 is 1.39 bits per heavy atom. The quantitative estimate of drug-likeness (QED) is 0.124. The second-order valence-corrected chi connectivity index (χ2v) is 15.2. The van der Waals surface area contributed by atoms with Crippen molar-refractivity contribution in [3.05, 3.63) is 171 Å². The van der Waals surface area contributed by atoms with E-state index in [0.29, 0.717) is 23.3 Å². The molecule has 1 saturated heterocycles. The van der Waals surface area contributed by atoms with Crippen molar-refractivity contribution in [2.75, 3.05) is 36.0 Å². The Bertz CT molecular complexity index is 2670. The third-order valence-corrected chi connectivity index (χ3v) is 11.7. The lowest BCUT2D eigenvalue weighted by Gasteiger charge is -2.37. The molecule has 1 fully saturated rings. The van der Waals surface area contributed by atoms with Crippen molar-refractivity contribution in [1.82, 2.24) is 39.5 Å². The average Bonchev–Trinajstić information content (AvgIpc) is 3.91. The van der Waals surface area contributed by atoms with Crippen LogP contribution in [0.5, 0.6) is 0 Å². The second kappa shape index (κ2) is 17.0. The predicted molar refractivity (Wildman–Crippen MR) is 226 cm³/mol. The maximum Gasteiger partial charge on any atom is 0.362 e. The Hall–Kier alpha value is -6.81.